The van der Waals surface area contributed by atoms with Crippen LogP contribution in [-0.2, 0) is 6.54 Å². The molecule has 0 fully saturated rings. The molecule has 4 nitrogen and oxygen atoms in total. The van der Waals surface area contributed by atoms with Crippen LogP contribution in [0, 0.1) is 6.92 Å². The molecule has 0 aromatic carbocycles. The van der Waals surface area contributed by atoms with E-state index in [4.69, 9.17) is 0 Å². The smallest absolute Gasteiger partial charge is 0.261 e. The molecule has 0 aliphatic rings. The normalized spacial score (nSPS) is 10.4. The van der Waals surface area contributed by atoms with Crippen LogP contribution in [-0.4, -0.2) is 24.0 Å². The monoisotopic (exact) mass is 289 g/mol. The Labute approximate surface area is 123 Å². The van der Waals surface area contributed by atoms with E-state index >= 15 is 0 Å². The third-order valence-corrected chi connectivity index (χ3v) is 3.95. The number of carbonyl (C=O) groups is 1. The van der Waals surface area contributed by atoms with Crippen LogP contribution in [0.2, 0.25) is 0 Å². The maximum Gasteiger partial charge on any atom is 0.261 e. The Kier molecular flexibility index (Phi) is 5.70. The van der Waals surface area contributed by atoms with Gasteiger partial charge in [-0.2, -0.15) is 0 Å². The molecule has 5 heteroatoms. The summed E-state index contributed by atoms with van der Waals surface area (Å²) in [5, 5.41) is 8.22. The van der Waals surface area contributed by atoms with Gasteiger partial charge in [0.15, 0.2) is 0 Å². The summed E-state index contributed by atoms with van der Waals surface area (Å²) in [6.45, 7) is 4.33. The topological polar surface area (TPSA) is 54.0 Å². The largest absolute Gasteiger partial charge is 0.351 e. The van der Waals surface area contributed by atoms with Gasteiger partial charge in [-0.05, 0) is 48.5 Å². The van der Waals surface area contributed by atoms with Crippen LogP contribution in [0.4, 0.5) is 0 Å². The van der Waals surface area contributed by atoms with Crippen molar-refractivity contribution in [3.63, 3.8) is 0 Å². The van der Waals surface area contributed by atoms with Crippen molar-refractivity contribution in [1.82, 2.24) is 15.6 Å². The van der Waals surface area contributed by atoms with Gasteiger partial charge in [-0.1, -0.05) is 6.07 Å². The first-order valence-electron chi connectivity index (χ1n) is 6.69. The standard InChI is InChI=1S/C15H19N3OS/c1-12-5-9-20-14(12)15(19)18-8-3-7-17-11-13-4-2-6-16-10-13/h2,4-6,9-10,17H,3,7-8,11H2,1H3,(H,18,19). The molecule has 2 aromatic heterocycles. The molecule has 2 aromatic rings. The molecule has 20 heavy (non-hydrogen) atoms. The number of aryl methyl sites for hydroxylation is 1. The fraction of sp³-hybridized carbons (Fsp3) is 0.333. The molecule has 0 saturated carbocycles. The SMILES string of the molecule is Cc1ccsc1C(=O)NCCCNCc1cccnc1. The molecule has 0 saturated heterocycles. The zero-order valence-electron chi connectivity index (χ0n) is 11.6. The van der Waals surface area contributed by atoms with Gasteiger partial charge in [0.25, 0.3) is 5.91 Å². The zero-order chi connectivity index (χ0) is 14.2. The van der Waals surface area contributed by atoms with E-state index in [1.165, 1.54) is 16.9 Å². The highest BCUT2D eigenvalue weighted by Gasteiger charge is 2.08. The molecule has 0 unspecified atom stereocenters. The van der Waals surface area contributed by atoms with Gasteiger partial charge in [0.1, 0.15) is 0 Å². The first-order chi connectivity index (χ1) is 9.77. The van der Waals surface area contributed by atoms with Crippen LogP contribution in [0.1, 0.15) is 27.2 Å². The van der Waals surface area contributed by atoms with Crippen molar-refractivity contribution in [2.24, 2.45) is 0 Å². The van der Waals surface area contributed by atoms with Gasteiger partial charge in [0, 0.05) is 25.5 Å². The molecule has 0 spiro atoms. The van der Waals surface area contributed by atoms with Gasteiger partial charge in [-0.25, -0.2) is 0 Å². The molecule has 0 aliphatic carbocycles. The lowest BCUT2D eigenvalue weighted by atomic mass is 10.2. The van der Waals surface area contributed by atoms with Crippen LogP contribution in [0.25, 0.3) is 0 Å². The Morgan fingerprint density at radius 1 is 1.35 bits per heavy atom. The Bertz CT molecular complexity index is 539. The number of amides is 1. The Morgan fingerprint density at radius 2 is 2.25 bits per heavy atom. The second-order valence-corrected chi connectivity index (χ2v) is 5.50. The lowest BCUT2D eigenvalue weighted by molar-refractivity contribution is 0.0956. The van der Waals surface area contributed by atoms with Gasteiger partial charge in [0.05, 0.1) is 4.88 Å². The third-order valence-electron chi connectivity index (χ3n) is 2.94. The fourth-order valence-electron chi connectivity index (χ4n) is 1.84. The lowest BCUT2D eigenvalue weighted by Gasteiger charge is -2.06. The zero-order valence-corrected chi connectivity index (χ0v) is 12.4. The molecule has 0 radical (unpaired) electrons. The van der Waals surface area contributed by atoms with Crippen molar-refractivity contribution in [1.29, 1.82) is 0 Å². The number of rotatable bonds is 7. The highest BCUT2D eigenvalue weighted by Crippen LogP contribution is 2.14. The molecule has 0 atom stereocenters. The van der Waals surface area contributed by atoms with E-state index in [-0.39, 0.29) is 5.91 Å². The first-order valence-corrected chi connectivity index (χ1v) is 7.57. The van der Waals surface area contributed by atoms with Crippen LogP contribution >= 0.6 is 11.3 Å². The van der Waals surface area contributed by atoms with E-state index in [0.717, 1.165) is 30.0 Å². The van der Waals surface area contributed by atoms with Crippen molar-refractivity contribution in [2.75, 3.05) is 13.1 Å². The summed E-state index contributed by atoms with van der Waals surface area (Å²) >= 11 is 1.49. The van der Waals surface area contributed by atoms with Crippen molar-refractivity contribution in [3.8, 4) is 0 Å². The summed E-state index contributed by atoms with van der Waals surface area (Å²) in [6, 6.07) is 5.94. The second kappa shape index (κ2) is 7.77. The molecule has 106 valence electrons. The van der Waals surface area contributed by atoms with Crippen molar-refractivity contribution in [2.45, 2.75) is 19.9 Å². The molecule has 2 N–H and O–H groups in total. The predicted molar refractivity (Wildman–Crippen MR) is 81.9 cm³/mol. The average molecular weight is 289 g/mol. The number of aromatic nitrogens is 1. The Morgan fingerprint density at radius 3 is 2.95 bits per heavy atom. The average Bonchev–Trinajstić information content (AvgIpc) is 2.90. The number of pyridine rings is 1. The number of nitrogens with zero attached hydrogens (tertiary/aromatic N) is 1. The minimum absolute atomic E-state index is 0.0322. The summed E-state index contributed by atoms with van der Waals surface area (Å²) in [7, 11) is 0. The molecular weight excluding hydrogens is 270 g/mol. The molecule has 2 rings (SSSR count). The molecule has 0 aliphatic heterocycles. The van der Waals surface area contributed by atoms with Gasteiger partial charge in [-0.15, -0.1) is 11.3 Å². The number of hydrogen-bond acceptors (Lipinski definition) is 4. The molecular formula is C15H19N3OS. The van der Waals surface area contributed by atoms with Crippen molar-refractivity contribution in [3.05, 3.63) is 52.0 Å². The molecule has 0 bridgehead atoms. The van der Waals surface area contributed by atoms with Crippen LogP contribution < -0.4 is 10.6 Å². The first kappa shape index (κ1) is 14.7. The van der Waals surface area contributed by atoms with E-state index in [9.17, 15) is 4.79 Å². The van der Waals surface area contributed by atoms with Gasteiger partial charge < -0.3 is 10.6 Å². The number of hydrogen-bond donors (Lipinski definition) is 2. The van der Waals surface area contributed by atoms with Crippen molar-refractivity contribution < 1.29 is 4.79 Å². The summed E-state index contributed by atoms with van der Waals surface area (Å²) in [6.07, 6.45) is 4.54. The Hall–Kier alpha value is -1.72. The van der Waals surface area contributed by atoms with Gasteiger partial charge in [0.2, 0.25) is 0 Å². The molecule has 2 heterocycles. The lowest BCUT2D eigenvalue weighted by Crippen LogP contribution is -2.27. The van der Waals surface area contributed by atoms with Crippen LogP contribution in [0.5, 0.6) is 0 Å². The second-order valence-electron chi connectivity index (χ2n) is 4.58. The van der Waals surface area contributed by atoms with Crippen molar-refractivity contribution >= 4 is 17.2 Å². The van der Waals surface area contributed by atoms with E-state index in [1.54, 1.807) is 6.20 Å². The molecule has 1 amide bonds. The highest BCUT2D eigenvalue weighted by molar-refractivity contribution is 7.12. The van der Waals surface area contributed by atoms with Crippen LogP contribution in [0.15, 0.2) is 36.0 Å². The van der Waals surface area contributed by atoms with E-state index < -0.39 is 0 Å². The minimum Gasteiger partial charge on any atom is -0.351 e. The summed E-state index contributed by atoms with van der Waals surface area (Å²) < 4.78 is 0. The summed E-state index contributed by atoms with van der Waals surface area (Å²) in [4.78, 5) is 16.7. The maximum absolute atomic E-state index is 11.9. The van der Waals surface area contributed by atoms with Crippen LogP contribution in [0.3, 0.4) is 0 Å². The number of thiophene rings is 1. The fourth-order valence-corrected chi connectivity index (χ4v) is 2.68. The summed E-state index contributed by atoms with van der Waals surface area (Å²) in [5.74, 6) is 0.0322. The quantitative estimate of drug-likeness (QED) is 0.769. The maximum atomic E-state index is 11.9. The van der Waals surface area contributed by atoms with E-state index in [0.29, 0.717) is 6.54 Å². The van der Waals surface area contributed by atoms with Gasteiger partial charge >= 0.3 is 0 Å². The third kappa shape index (κ3) is 4.43. The highest BCUT2D eigenvalue weighted by atomic mass is 32.1. The predicted octanol–water partition coefficient (Wildman–Crippen LogP) is 2.36. The van der Waals surface area contributed by atoms with Gasteiger partial charge in [-0.3, -0.25) is 9.78 Å². The Balaban J connectivity index is 1.58. The number of nitrogens with one attached hydrogen (secondary N) is 2. The number of carbonyl (C=O) groups excluding carboxylic acids is 1. The minimum atomic E-state index is 0.0322. The van der Waals surface area contributed by atoms with E-state index in [1.807, 2.05) is 36.7 Å². The van der Waals surface area contributed by atoms with E-state index in [2.05, 4.69) is 15.6 Å². The summed E-state index contributed by atoms with van der Waals surface area (Å²) in [5.41, 5.74) is 2.22.